The summed E-state index contributed by atoms with van der Waals surface area (Å²) in [7, 11) is 0. The molecule has 2 atom stereocenters. The molecule has 0 aliphatic heterocycles. The first kappa shape index (κ1) is 15.4. The lowest BCUT2D eigenvalue weighted by Gasteiger charge is -2.21. The van der Waals surface area contributed by atoms with Crippen LogP contribution >= 0.6 is 23.2 Å². The molecule has 0 saturated carbocycles. The summed E-state index contributed by atoms with van der Waals surface area (Å²) in [6, 6.07) is 16.7. The van der Waals surface area contributed by atoms with E-state index in [9.17, 15) is 0 Å². The van der Waals surface area contributed by atoms with Crippen LogP contribution in [0.5, 0.6) is 0 Å². The fourth-order valence-corrected chi connectivity index (χ4v) is 2.97. The maximum Gasteiger partial charge on any atom is 0.0468 e. The van der Waals surface area contributed by atoms with E-state index >= 15 is 0 Å². The molecule has 0 aliphatic carbocycles. The lowest BCUT2D eigenvalue weighted by atomic mass is 10.0. The molecule has 0 aromatic heterocycles. The molecule has 1 N–H and O–H groups in total. The Morgan fingerprint density at radius 3 is 2.35 bits per heavy atom. The van der Waals surface area contributed by atoms with Crippen LogP contribution < -0.4 is 5.32 Å². The minimum Gasteiger partial charge on any atom is -0.307 e. The predicted molar refractivity (Wildman–Crippen MR) is 87.6 cm³/mol. The van der Waals surface area contributed by atoms with Crippen molar-refractivity contribution in [3.05, 3.63) is 69.7 Å². The molecule has 0 radical (unpaired) electrons. The summed E-state index contributed by atoms with van der Waals surface area (Å²) >= 11 is 12.2. The first-order chi connectivity index (χ1) is 9.56. The molecule has 2 unspecified atom stereocenters. The quantitative estimate of drug-likeness (QED) is 0.793. The van der Waals surface area contributed by atoms with Gasteiger partial charge in [-0.05, 0) is 43.5 Å². The Bertz CT molecular complexity index is 554. The fraction of sp³-hybridized carbons (Fsp3) is 0.294. The van der Waals surface area contributed by atoms with Crippen molar-refractivity contribution in [1.29, 1.82) is 0 Å². The maximum absolute atomic E-state index is 6.24. The van der Waals surface area contributed by atoms with Gasteiger partial charge in [-0.2, -0.15) is 0 Å². The first-order valence-corrected chi connectivity index (χ1v) is 7.57. The zero-order valence-electron chi connectivity index (χ0n) is 11.7. The van der Waals surface area contributed by atoms with E-state index < -0.39 is 0 Å². The van der Waals surface area contributed by atoms with Gasteiger partial charge in [-0.1, -0.05) is 59.6 Å². The van der Waals surface area contributed by atoms with Crippen molar-refractivity contribution in [3.8, 4) is 0 Å². The summed E-state index contributed by atoms with van der Waals surface area (Å²) in [6.07, 6.45) is 0.996. The number of rotatable bonds is 5. The van der Waals surface area contributed by atoms with Crippen molar-refractivity contribution in [2.24, 2.45) is 0 Å². The Balaban J connectivity index is 1.98. The standard InChI is InChI=1S/C17H19Cl2N/c1-12(10-14-6-4-3-5-7-14)20-13(2)16-9-8-15(18)11-17(16)19/h3-9,11-13,20H,10H2,1-2H3. The highest BCUT2D eigenvalue weighted by atomic mass is 35.5. The Kier molecular flexibility index (Phi) is 5.47. The van der Waals surface area contributed by atoms with Gasteiger partial charge in [-0.25, -0.2) is 0 Å². The average molecular weight is 308 g/mol. The highest BCUT2D eigenvalue weighted by molar-refractivity contribution is 6.35. The molecule has 0 bridgehead atoms. The topological polar surface area (TPSA) is 12.0 Å². The highest BCUT2D eigenvalue weighted by Crippen LogP contribution is 2.26. The monoisotopic (exact) mass is 307 g/mol. The fourth-order valence-electron chi connectivity index (χ4n) is 2.40. The van der Waals surface area contributed by atoms with Gasteiger partial charge in [0.2, 0.25) is 0 Å². The molecule has 0 saturated heterocycles. The van der Waals surface area contributed by atoms with Crippen LogP contribution in [0.15, 0.2) is 48.5 Å². The molecule has 2 aromatic rings. The van der Waals surface area contributed by atoms with Crippen LogP contribution in [0.3, 0.4) is 0 Å². The van der Waals surface area contributed by atoms with Gasteiger partial charge in [-0.15, -0.1) is 0 Å². The molecule has 0 spiro atoms. The van der Waals surface area contributed by atoms with Crippen molar-refractivity contribution in [2.45, 2.75) is 32.4 Å². The Hall–Kier alpha value is -1.02. The maximum atomic E-state index is 6.24. The number of halogens is 2. The van der Waals surface area contributed by atoms with Crippen molar-refractivity contribution < 1.29 is 0 Å². The van der Waals surface area contributed by atoms with Gasteiger partial charge in [0.25, 0.3) is 0 Å². The Morgan fingerprint density at radius 1 is 1.00 bits per heavy atom. The lowest BCUT2D eigenvalue weighted by Crippen LogP contribution is -2.30. The summed E-state index contributed by atoms with van der Waals surface area (Å²) in [5.74, 6) is 0. The second-order valence-corrected chi connectivity index (χ2v) is 5.99. The van der Waals surface area contributed by atoms with Gasteiger partial charge >= 0.3 is 0 Å². The minimum absolute atomic E-state index is 0.193. The van der Waals surface area contributed by atoms with Crippen LogP contribution in [-0.2, 0) is 6.42 Å². The zero-order chi connectivity index (χ0) is 14.5. The summed E-state index contributed by atoms with van der Waals surface area (Å²) in [6.45, 7) is 4.31. The van der Waals surface area contributed by atoms with Crippen LogP contribution in [0.4, 0.5) is 0 Å². The third-order valence-corrected chi connectivity index (χ3v) is 3.91. The van der Waals surface area contributed by atoms with E-state index in [1.165, 1.54) is 5.56 Å². The lowest BCUT2D eigenvalue weighted by molar-refractivity contribution is 0.477. The SMILES string of the molecule is CC(Cc1ccccc1)NC(C)c1ccc(Cl)cc1Cl. The van der Waals surface area contributed by atoms with E-state index in [1.54, 1.807) is 6.07 Å². The van der Waals surface area contributed by atoms with Gasteiger partial charge in [0, 0.05) is 22.1 Å². The molecule has 2 aromatic carbocycles. The summed E-state index contributed by atoms with van der Waals surface area (Å²) in [5.41, 5.74) is 2.41. The molecule has 0 fully saturated rings. The Morgan fingerprint density at radius 2 is 1.70 bits per heavy atom. The molecule has 2 rings (SSSR count). The van der Waals surface area contributed by atoms with Gasteiger partial charge in [0.1, 0.15) is 0 Å². The molecule has 20 heavy (non-hydrogen) atoms. The van der Waals surface area contributed by atoms with Crippen molar-refractivity contribution in [2.75, 3.05) is 0 Å². The van der Waals surface area contributed by atoms with Gasteiger partial charge < -0.3 is 5.32 Å². The van der Waals surface area contributed by atoms with E-state index in [4.69, 9.17) is 23.2 Å². The predicted octanol–water partition coefficient (Wildman–Crippen LogP) is 5.28. The number of hydrogen-bond acceptors (Lipinski definition) is 1. The van der Waals surface area contributed by atoms with Crippen LogP contribution in [0.1, 0.15) is 31.0 Å². The van der Waals surface area contributed by atoms with Crippen LogP contribution in [0.2, 0.25) is 10.0 Å². The van der Waals surface area contributed by atoms with Gasteiger partial charge in [0.05, 0.1) is 0 Å². The summed E-state index contributed by atoms with van der Waals surface area (Å²) < 4.78 is 0. The van der Waals surface area contributed by atoms with Crippen molar-refractivity contribution in [1.82, 2.24) is 5.32 Å². The summed E-state index contributed by atoms with van der Waals surface area (Å²) in [5, 5.41) is 4.96. The van der Waals surface area contributed by atoms with E-state index in [0.717, 1.165) is 12.0 Å². The molecule has 0 aliphatic rings. The van der Waals surface area contributed by atoms with Crippen molar-refractivity contribution >= 4 is 23.2 Å². The average Bonchev–Trinajstić information content (AvgIpc) is 2.39. The largest absolute Gasteiger partial charge is 0.307 e. The molecule has 106 valence electrons. The van der Waals surface area contributed by atoms with Gasteiger partial charge in [-0.3, -0.25) is 0 Å². The third kappa shape index (κ3) is 4.24. The molecular formula is C17H19Cl2N. The molecular weight excluding hydrogens is 289 g/mol. The number of benzene rings is 2. The van der Waals surface area contributed by atoms with Crippen LogP contribution in [0.25, 0.3) is 0 Å². The number of nitrogens with one attached hydrogen (secondary N) is 1. The van der Waals surface area contributed by atoms with E-state index in [-0.39, 0.29) is 6.04 Å². The van der Waals surface area contributed by atoms with Crippen molar-refractivity contribution in [3.63, 3.8) is 0 Å². The van der Waals surface area contributed by atoms with E-state index in [2.05, 4.69) is 43.4 Å². The van der Waals surface area contributed by atoms with Gasteiger partial charge in [0.15, 0.2) is 0 Å². The normalized spacial score (nSPS) is 14.0. The molecule has 1 nitrogen and oxygen atoms in total. The molecule has 0 amide bonds. The second kappa shape index (κ2) is 7.12. The minimum atomic E-state index is 0.193. The summed E-state index contributed by atoms with van der Waals surface area (Å²) in [4.78, 5) is 0. The second-order valence-electron chi connectivity index (χ2n) is 5.14. The zero-order valence-corrected chi connectivity index (χ0v) is 13.2. The Labute approximate surface area is 130 Å². The van der Waals surface area contributed by atoms with E-state index in [1.807, 2.05) is 18.2 Å². The van der Waals surface area contributed by atoms with Crippen LogP contribution in [0, 0.1) is 0 Å². The number of hydrogen-bond donors (Lipinski definition) is 1. The first-order valence-electron chi connectivity index (χ1n) is 6.81. The smallest absolute Gasteiger partial charge is 0.0468 e. The third-order valence-electron chi connectivity index (χ3n) is 3.35. The highest BCUT2D eigenvalue weighted by Gasteiger charge is 2.13. The van der Waals surface area contributed by atoms with Crippen LogP contribution in [-0.4, -0.2) is 6.04 Å². The molecule has 3 heteroatoms. The molecule has 0 heterocycles. The van der Waals surface area contributed by atoms with E-state index in [0.29, 0.717) is 16.1 Å².